The second kappa shape index (κ2) is 12.1. The van der Waals surface area contributed by atoms with Gasteiger partial charge in [0.1, 0.15) is 12.6 Å². The lowest BCUT2D eigenvalue weighted by Gasteiger charge is -2.32. The van der Waals surface area contributed by atoms with E-state index in [1.807, 2.05) is 31.2 Å². The minimum absolute atomic E-state index is 0.00501. The average molecular weight is 528 g/mol. The van der Waals surface area contributed by atoms with Crippen LogP contribution in [0.3, 0.4) is 0 Å². The molecule has 3 rings (SSSR count). The molecule has 0 saturated carbocycles. The Bertz CT molecular complexity index is 1280. The van der Waals surface area contributed by atoms with Gasteiger partial charge in [-0.05, 0) is 62.7 Å². The Labute approximate surface area is 217 Å². The first kappa shape index (κ1) is 27.2. The summed E-state index contributed by atoms with van der Waals surface area (Å²) in [6.45, 7) is 5.48. The number of carbonyl (C=O) groups is 2. The summed E-state index contributed by atoms with van der Waals surface area (Å²) < 4.78 is 28.3. The number of hydrogen-bond donors (Lipinski definition) is 1. The number of anilines is 1. The molecule has 3 aromatic rings. The molecule has 9 heteroatoms. The van der Waals surface area contributed by atoms with Gasteiger partial charge in [0.15, 0.2) is 0 Å². The van der Waals surface area contributed by atoms with Crippen LogP contribution in [-0.4, -0.2) is 44.3 Å². The lowest BCUT2D eigenvalue weighted by atomic mass is 10.1. The van der Waals surface area contributed by atoms with Crippen LogP contribution < -0.4 is 9.62 Å². The molecule has 0 saturated heterocycles. The van der Waals surface area contributed by atoms with Crippen LogP contribution >= 0.6 is 11.6 Å². The van der Waals surface area contributed by atoms with Crippen LogP contribution in [0.5, 0.6) is 0 Å². The smallest absolute Gasteiger partial charge is 0.264 e. The highest BCUT2D eigenvalue weighted by molar-refractivity contribution is 7.92. The third-order valence-electron chi connectivity index (χ3n) is 5.72. The minimum atomic E-state index is -4.11. The van der Waals surface area contributed by atoms with Crippen molar-refractivity contribution in [3.63, 3.8) is 0 Å². The van der Waals surface area contributed by atoms with Gasteiger partial charge in [0, 0.05) is 18.1 Å². The van der Waals surface area contributed by atoms with Crippen LogP contribution in [0.1, 0.15) is 25.0 Å². The SMILES string of the molecule is CCNC(=O)[C@H](C)N(Cc1ccc(C)cc1)C(=O)CN(c1ccccc1)S(=O)(=O)c1ccc(Cl)cc1. The molecule has 36 heavy (non-hydrogen) atoms. The van der Waals surface area contributed by atoms with Gasteiger partial charge in [-0.25, -0.2) is 8.42 Å². The highest BCUT2D eigenvalue weighted by Gasteiger charge is 2.32. The predicted octanol–water partition coefficient (Wildman–Crippen LogP) is 4.40. The first-order valence-electron chi connectivity index (χ1n) is 11.6. The van der Waals surface area contributed by atoms with Crippen LogP contribution in [0.15, 0.2) is 83.8 Å². The fraction of sp³-hybridized carbons (Fsp3) is 0.259. The van der Waals surface area contributed by atoms with Gasteiger partial charge in [-0.3, -0.25) is 13.9 Å². The first-order chi connectivity index (χ1) is 17.1. The van der Waals surface area contributed by atoms with Gasteiger partial charge >= 0.3 is 0 Å². The third kappa shape index (κ3) is 6.65. The summed E-state index contributed by atoms with van der Waals surface area (Å²) in [6.07, 6.45) is 0. The Hall–Kier alpha value is -3.36. The number of halogens is 1. The lowest BCUT2D eigenvalue weighted by molar-refractivity contribution is -0.139. The number of likely N-dealkylation sites (N-methyl/N-ethyl adjacent to an activating group) is 1. The number of para-hydroxylation sites is 1. The Morgan fingerprint density at radius 1 is 0.944 bits per heavy atom. The maximum Gasteiger partial charge on any atom is 0.264 e. The minimum Gasteiger partial charge on any atom is -0.355 e. The monoisotopic (exact) mass is 527 g/mol. The molecule has 1 N–H and O–H groups in total. The molecule has 0 fully saturated rings. The normalized spacial score (nSPS) is 12.0. The predicted molar refractivity (Wildman–Crippen MR) is 142 cm³/mol. The largest absolute Gasteiger partial charge is 0.355 e. The number of benzene rings is 3. The van der Waals surface area contributed by atoms with Crippen LogP contribution in [0.2, 0.25) is 5.02 Å². The van der Waals surface area contributed by atoms with Crippen LogP contribution in [0.25, 0.3) is 0 Å². The number of sulfonamides is 1. The zero-order valence-electron chi connectivity index (χ0n) is 20.5. The van der Waals surface area contributed by atoms with Crippen molar-refractivity contribution in [1.29, 1.82) is 0 Å². The number of nitrogens with zero attached hydrogens (tertiary/aromatic N) is 2. The van der Waals surface area contributed by atoms with Gasteiger partial charge in [-0.15, -0.1) is 0 Å². The number of hydrogen-bond acceptors (Lipinski definition) is 4. The van der Waals surface area contributed by atoms with Crippen molar-refractivity contribution < 1.29 is 18.0 Å². The van der Waals surface area contributed by atoms with E-state index in [0.29, 0.717) is 17.3 Å². The van der Waals surface area contributed by atoms with E-state index >= 15 is 0 Å². The number of rotatable bonds is 10. The molecule has 0 bridgehead atoms. The Kier molecular flexibility index (Phi) is 9.12. The molecule has 0 aliphatic carbocycles. The molecule has 1 atom stereocenters. The zero-order chi connectivity index (χ0) is 26.3. The number of carbonyl (C=O) groups excluding carboxylic acids is 2. The molecular weight excluding hydrogens is 498 g/mol. The Balaban J connectivity index is 1.99. The van der Waals surface area contributed by atoms with Gasteiger partial charge in [-0.2, -0.15) is 0 Å². The van der Waals surface area contributed by atoms with Crippen LogP contribution in [0, 0.1) is 6.92 Å². The number of amides is 2. The van der Waals surface area contributed by atoms with E-state index in [4.69, 9.17) is 11.6 Å². The average Bonchev–Trinajstić information content (AvgIpc) is 2.87. The highest BCUT2D eigenvalue weighted by Crippen LogP contribution is 2.25. The molecule has 0 aromatic heterocycles. The highest BCUT2D eigenvalue weighted by atomic mass is 35.5. The lowest BCUT2D eigenvalue weighted by Crippen LogP contribution is -2.51. The summed E-state index contributed by atoms with van der Waals surface area (Å²) in [6, 6.07) is 21.0. The zero-order valence-corrected chi connectivity index (χ0v) is 22.1. The van der Waals surface area contributed by atoms with Crippen molar-refractivity contribution in [1.82, 2.24) is 10.2 Å². The van der Waals surface area contributed by atoms with E-state index in [-0.39, 0.29) is 17.3 Å². The van der Waals surface area contributed by atoms with Crippen molar-refractivity contribution in [3.8, 4) is 0 Å². The summed E-state index contributed by atoms with van der Waals surface area (Å²) >= 11 is 5.95. The van der Waals surface area contributed by atoms with E-state index in [0.717, 1.165) is 15.4 Å². The molecule has 0 aliphatic rings. The summed E-state index contributed by atoms with van der Waals surface area (Å²) in [5.41, 5.74) is 2.23. The standard InChI is InChI=1S/C27H30ClN3O4S/c1-4-29-27(33)21(3)30(18-22-12-10-20(2)11-13-22)26(32)19-31(24-8-6-5-7-9-24)36(34,35)25-16-14-23(28)15-17-25/h5-17,21H,4,18-19H2,1-3H3,(H,29,33)/t21-/m0/s1. The van der Waals surface area contributed by atoms with Crippen molar-refractivity contribution >= 4 is 39.1 Å². The molecule has 3 aromatic carbocycles. The fourth-order valence-corrected chi connectivity index (χ4v) is 5.19. The quantitative estimate of drug-likeness (QED) is 0.423. The van der Waals surface area contributed by atoms with Gasteiger partial charge in [0.25, 0.3) is 10.0 Å². The van der Waals surface area contributed by atoms with Gasteiger partial charge in [0.2, 0.25) is 11.8 Å². The maximum absolute atomic E-state index is 13.7. The summed E-state index contributed by atoms with van der Waals surface area (Å²) in [4.78, 5) is 27.8. The second-order valence-electron chi connectivity index (χ2n) is 8.38. The van der Waals surface area contributed by atoms with Crippen LogP contribution in [0.4, 0.5) is 5.69 Å². The van der Waals surface area contributed by atoms with Gasteiger partial charge in [-0.1, -0.05) is 59.6 Å². The third-order valence-corrected chi connectivity index (χ3v) is 7.76. The van der Waals surface area contributed by atoms with Gasteiger partial charge < -0.3 is 10.2 Å². The molecule has 190 valence electrons. The molecule has 7 nitrogen and oxygen atoms in total. The Morgan fingerprint density at radius 2 is 1.56 bits per heavy atom. The van der Waals surface area contributed by atoms with E-state index in [1.54, 1.807) is 44.2 Å². The Morgan fingerprint density at radius 3 is 2.14 bits per heavy atom. The van der Waals surface area contributed by atoms with Crippen molar-refractivity contribution in [2.24, 2.45) is 0 Å². The van der Waals surface area contributed by atoms with E-state index < -0.39 is 28.5 Å². The maximum atomic E-state index is 13.7. The molecule has 0 radical (unpaired) electrons. The number of aryl methyl sites for hydroxylation is 1. The summed E-state index contributed by atoms with van der Waals surface area (Å²) in [7, 11) is -4.11. The fourth-order valence-electron chi connectivity index (χ4n) is 3.65. The van der Waals surface area contributed by atoms with Gasteiger partial charge in [0.05, 0.1) is 10.6 Å². The first-order valence-corrected chi connectivity index (χ1v) is 13.4. The molecule has 0 unspecified atom stereocenters. The molecule has 0 aliphatic heterocycles. The van der Waals surface area contributed by atoms with E-state index in [9.17, 15) is 18.0 Å². The summed E-state index contributed by atoms with van der Waals surface area (Å²) in [5.74, 6) is -0.819. The molecule has 0 spiro atoms. The molecule has 0 heterocycles. The number of nitrogens with one attached hydrogen (secondary N) is 1. The van der Waals surface area contributed by atoms with E-state index in [2.05, 4.69) is 5.32 Å². The van der Waals surface area contributed by atoms with Crippen molar-refractivity contribution in [3.05, 3.63) is 95.0 Å². The van der Waals surface area contributed by atoms with E-state index in [1.165, 1.54) is 29.2 Å². The summed E-state index contributed by atoms with van der Waals surface area (Å²) in [5, 5.41) is 3.14. The van der Waals surface area contributed by atoms with Crippen molar-refractivity contribution in [2.75, 3.05) is 17.4 Å². The van der Waals surface area contributed by atoms with Crippen LogP contribution in [-0.2, 0) is 26.2 Å². The molecule has 2 amide bonds. The second-order valence-corrected chi connectivity index (χ2v) is 10.7. The molecular formula is C27H30ClN3O4S. The topological polar surface area (TPSA) is 86.8 Å². The van der Waals surface area contributed by atoms with Crippen molar-refractivity contribution in [2.45, 2.75) is 38.3 Å².